The lowest BCUT2D eigenvalue weighted by atomic mass is 9.81. The highest BCUT2D eigenvalue weighted by molar-refractivity contribution is 5.93. The quantitative estimate of drug-likeness (QED) is 0.577. The predicted octanol–water partition coefficient (Wildman–Crippen LogP) is 2.35. The zero-order chi connectivity index (χ0) is 18.6. The second-order valence-corrected chi connectivity index (χ2v) is 7.95. The van der Waals surface area contributed by atoms with E-state index in [0.29, 0.717) is 5.56 Å². The van der Waals surface area contributed by atoms with Crippen molar-refractivity contribution in [1.29, 1.82) is 0 Å². The minimum Gasteiger partial charge on any atom is -0.349 e. The number of hydrogen-bond donors (Lipinski definition) is 3. The maximum Gasteiger partial charge on any atom is 0.274 e. The fourth-order valence-corrected chi connectivity index (χ4v) is 3.22. The van der Waals surface area contributed by atoms with Gasteiger partial charge in [-0.1, -0.05) is 32.9 Å². The maximum atomic E-state index is 12.7. The molecule has 0 saturated carbocycles. The zero-order valence-electron chi connectivity index (χ0n) is 15.5. The highest BCUT2D eigenvalue weighted by Crippen LogP contribution is 2.33. The normalized spacial score (nSPS) is 17.8. The first-order valence-electron chi connectivity index (χ1n) is 8.75. The Morgan fingerprint density at radius 2 is 1.72 bits per heavy atom. The molecule has 1 aromatic carbocycles. The van der Waals surface area contributed by atoms with Crippen LogP contribution in [0.15, 0.2) is 24.3 Å². The number of benzene rings is 1. The summed E-state index contributed by atoms with van der Waals surface area (Å²) in [4.78, 5) is 26.4. The summed E-state index contributed by atoms with van der Waals surface area (Å²) in [6, 6.07) is 6.82. The van der Waals surface area contributed by atoms with Crippen LogP contribution in [0.3, 0.4) is 0 Å². The molecule has 0 aliphatic carbocycles. The van der Waals surface area contributed by atoms with Crippen LogP contribution in [-0.2, 0) is 4.79 Å². The second kappa shape index (κ2) is 7.97. The monoisotopic (exact) mass is 347 g/mol. The van der Waals surface area contributed by atoms with Gasteiger partial charge in [0.15, 0.2) is 0 Å². The minimum atomic E-state index is -0.547. The summed E-state index contributed by atoms with van der Waals surface area (Å²) in [7, 11) is 2.08. The fourth-order valence-electron chi connectivity index (χ4n) is 3.22. The molecule has 1 atom stereocenters. The third-order valence-corrected chi connectivity index (χ3v) is 4.85. The largest absolute Gasteiger partial charge is 0.349 e. The number of amides is 2. The van der Waals surface area contributed by atoms with Crippen molar-refractivity contribution in [1.82, 2.24) is 15.7 Å². The molecule has 1 aliphatic heterocycles. The molecule has 6 nitrogen and oxygen atoms in total. The summed E-state index contributed by atoms with van der Waals surface area (Å²) >= 11 is 0. The van der Waals surface area contributed by atoms with Crippen molar-refractivity contribution in [2.45, 2.75) is 39.7 Å². The van der Waals surface area contributed by atoms with E-state index in [1.54, 1.807) is 17.6 Å². The lowest BCUT2D eigenvalue weighted by Gasteiger charge is -2.35. The Kier molecular flexibility index (Phi) is 6.19. The average Bonchev–Trinajstić information content (AvgIpc) is 2.58. The second-order valence-electron chi connectivity index (χ2n) is 7.95. The van der Waals surface area contributed by atoms with Crippen molar-refractivity contribution in [2.75, 3.05) is 20.1 Å². The van der Waals surface area contributed by atoms with Crippen molar-refractivity contribution in [3.63, 3.8) is 0 Å². The van der Waals surface area contributed by atoms with Crippen molar-refractivity contribution in [2.24, 2.45) is 11.3 Å². The summed E-state index contributed by atoms with van der Waals surface area (Å²) in [6.45, 7) is 8.15. The van der Waals surface area contributed by atoms with Crippen LogP contribution in [0.4, 0.5) is 0 Å². The first-order valence-corrected chi connectivity index (χ1v) is 8.75. The van der Waals surface area contributed by atoms with E-state index < -0.39 is 5.91 Å². The summed E-state index contributed by atoms with van der Waals surface area (Å²) < 4.78 is 0. The molecule has 25 heavy (non-hydrogen) atoms. The molecular weight excluding hydrogens is 318 g/mol. The van der Waals surface area contributed by atoms with Crippen LogP contribution in [0, 0.1) is 11.3 Å². The first-order chi connectivity index (χ1) is 11.7. The van der Waals surface area contributed by atoms with Gasteiger partial charge in [0.1, 0.15) is 0 Å². The number of rotatable bonds is 4. The molecule has 6 heteroatoms. The molecular formula is C19H29N3O3. The Morgan fingerprint density at radius 1 is 1.16 bits per heavy atom. The fraction of sp³-hybridized carbons (Fsp3) is 0.579. The van der Waals surface area contributed by atoms with E-state index in [-0.39, 0.29) is 23.3 Å². The van der Waals surface area contributed by atoms with E-state index in [9.17, 15) is 9.59 Å². The topological polar surface area (TPSA) is 81.7 Å². The summed E-state index contributed by atoms with van der Waals surface area (Å²) in [6.07, 6.45) is 1.77. The Hall–Kier alpha value is -1.92. The smallest absolute Gasteiger partial charge is 0.274 e. The molecule has 1 heterocycles. The Labute approximate surface area is 149 Å². The molecule has 138 valence electrons. The van der Waals surface area contributed by atoms with Crippen LogP contribution in [0.2, 0.25) is 0 Å². The van der Waals surface area contributed by atoms with Gasteiger partial charge in [0.2, 0.25) is 5.91 Å². The number of likely N-dealkylation sites (tertiary alicyclic amines) is 1. The molecule has 0 aromatic heterocycles. The molecule has 1 unspecified atom stereocenters. The predicted molar refractivity (Wildman–Crippen MR) is 96.3 cm³/mol. The maximum absolute atomic E-state index is 12.7. The van der Waals surface area contributed by atoms with Crippen LogP contribution in [-0.4, -0.2) is 42.1 Å². The molecule has 1 saturated heterocycles. The van der Waals surface area contributed by atoms with Gasteiger partial charge >= 0.3 is 0 Å². The molecule has 1 aliphatic rings. The molecule has 1 fully saturated rings. The van der Waals surface area contributed by atoms with Crippen LogP contribution < -0.4 is 10.8 Å². The molecule has 3 N–H and O–H groups in total. The molecule has 1 aromatic rings. The average molecular weight is 347 g/mol. The minimum absolute atomic E-state index is 0.0560. The third kappa shape index (κ3) is 5.03. The van der Waals surface area contributed by atoms with E-state index in [1.807, 2.05) is 12.1 Å². The SMILES string of the molecule is CN1CCC(C(=O)NC(c2ccc(C(=O)NO)cc2)C(C)(C)C)CC1. The van der Waals surface area contributed by atoms with Crippen LogP contribution in [0.25, 0.3) is 0 Å². The Morgan fingerprint density at radius 3 is 2.20 bits per heavy atom. The molecule has 0 bridgehead atoms. The van der Waals surface area contributed by atoms with E-state index in [1.165, 1.54) is 0 Å². The number of carbonyl (C=O) groups excluding carboxylic acids is 2. The van der Waals surface area contributed by atoms with Crippen molar-refractivity contribution in [3.8, 4) is 0 Å². The van der Waals surface area contributed by atoms with Gasteiger partial charge in [-0.15, -0.1) is 0 Å². The van der Waals surface area contributed by atoms with Crippen LogP contribution in [0.5, 0.6) is 0 Å². The number of nitrogens with one attached hydrogen (secondary N) is 2. The van der Waals surface area contributed by atoms with E-state index in [0.717, 1.165) is 31.5 Å². The van der Waals surface area contributed by atoms with Gasteiger partial charge < -0.3 is 10.2 Å². The van der Waals surface area contributed by atoms with E-state index >= 15 is 0 Å². The number of hydrogen-bond acceptors (Lipinski definition) is 4. The summed E-state index contributed by atoms with van der Waals surface area (Å²) in [5, 5.41) is 11.9. The van der Waals surface area contributed by atoms with Crippen molar-refractivity contribution in [3.05, 3.63) is 35.4 Å². The Balaban J connectivity index is 2.14. The van der Waals surface area contributed by atoms with Gasteiger partial charge in [0.05, 0.1) is 6.04 Å². The van der Waals surface area contributed by atoms with Gasteiger partial charge in [-0.25, -0.2) is 5.48 Å². The highest BCUT2D eigenvalue weighted by atomic mass is 16.5. The van der Waals surface area contributed by atoms with Crippen molar-refractivity contribution < 1.29 is 14.8 Å². The number of piperidine rings is 1. The number of hydroxylamine groups is 1. The van der Waals surface area contributed by atoms with Crippen LogP contribution >= 0.6 is 0 Å². The molecule has 2 amide bonds. The Bertz CT molecular complexity index is 599. The molecule has 0 spiro atoms. The van der Waals surface area contributed by atoms with E-state index in [2.05, 4.69) is 38.0 Å². The zero-order valence-corrected chi connectivity index (χ0v) is 15.5. The molecule has 2 rings (SSSR count). The lowest BCUT2D eigenvalue weighted by molar-refractivity contribution is -0.128. The van der Waals surface area contributed by atoms with Crippen molar-refractivity contribution >= 4 is 11.8 Å². The highest BCUT2D eigenvalue weighted by Gasteiger charge is 2.31. The van der Waals surface area contributed by atoms with E-state index in [4.69, 9.17) is 5.21 Å². The summed E-state index contributed by atoms with van der Waals surface area (Å²) in [5.41, 5.74) is 2.78. The van der Waals surface area contributed by atoms with Gasteiger partial charge in [-0.3, -0.25) is 14.8 Å². The standard InChI is InChI=1S/C19H29N3O3/c1-19(2,3)16(13-5-7-14(8-6-13)18(24)21-25)20-17(23)15-9-11-22(4)12-10-15/h5-8,15-16,25H,9-12H2,1-4H3,(H,20,23)(H,21,24). The van der Waals surface area contributed by atoms with Gasteiger partial charge in [0, 0.05) is 11.5 Å². The first kappa shape index (κ1) is 19.4. The van der Waals surface area contributed by atoms with Gasteiger partial charge in [0.25, 0.3) is 5.91 Å². The van der Waals surface area contributed by atoms with Gasteiger partial charge in [-0.2, -0.15) is 0 Å². The summed E-state index contributed by atoms with van der Waals surface area (Å²) in [5.74, 6) is -0.389. The van der Waals surface area contributed by atoms with Gasteiger partial charge in [-0.05, 0) is 56.1 Å². The number of carbonyl (C=O) groups is 2. The number of nitrogens with zero attached hydrogens (tertiary/aromatic N) is 1. The van der Waals surface area contributed by atoms with Crippen LogP contribution in [0.1, 0.15) is 55.6 Å². The molecule has 0 radical (unpaired) electrons. The third-order valence-electron chi connectivity index (χ3n) is 4.85. The lowest BCUT2D eigenvalue weighted by Crippen LogP contribution is -2.43.